The molecular formula is C17H18N2O4S. The fourth-order valence-corrected chi connectivity index (χ4v) is 3.39. The van der Waals surface area contributed by atoms with Gasteiger partial charge < -0.3 is 9.73 Å². The quantitative estimate of drug-likeness (QED) is 0.771. The third kappa shape index (κ3) is 4.47. The summed E-state index contributed by atoms with van der Waals surface area (Å²) in [5.41, 5.74) is 0.943. The number of sulfonamides is 1. The van der Waals surface area contributed by atoms with Gasteiger partial charge in [0.05, 0.1) is 30.8 Å². The number of nitrogens with zero attached hydrogens (tertiary/aromatic N) is 1. The molecule has 1 aromatic carbocycles. The minimum Gasteiger partial charge on any atom is -0.468 e. The molecule has 0 aliphatic heterocycles. The van der Waals surface area contributed by atoms with Gasteiger partial charge in [0, 0.05) is 0 Å². The zero-order chi connectivity index (χ0) is 17.6. The lowest BCUT2D eigenvalue weighted by atomic mass is 10.2. The Morgan fingerprint density at radius 1 is 1.29 bits per heavy atom. The number of furan rings is 1. The maximum atomic E-state index is 12.8. The van der Waals surface area contributed by atoms with Gasteiger partial charge in [0.2, 0.25) is 15.9 Å². The number of carbonyl (C=O) groups is 1. The van der Waals surface area contributed by atoms with Crippen molar-refractivity contribution in [1.29, 1.82) is 0 Å². The summed E-state index contributed by atoms with van der Waals surface area (Å²) in [5.74, 6) is 2.24. The number of nitrogens with one attached hydrogen (secondary N) is 1. The standard InChI is InChI=1S/C17H18N2O4S/c1-3-10-18-17(20)13-19(12-15-5-4-11-23-15)24(21,22)16-8-6-14(2)7-9-16/h1,4-9,11H,10,12-13H2,2H3,(H,18,20). The first-order valence-electron chi connectivity index (χ1n) is 7.23. The second-order valence-corrected chi connectivity index (χ2v) is 7.08. The van der Waals surface area contributed by atoms with E-state index < -0.39 is 15.9 Å². The zero-order valence-corrected chi connectivity index (χ0v) is 14.0. The van der Waals surface area contributed by atoms with Crippen LogP contribution in [-0.2, 0) is 21.4 Å². The summed E-state index contributed by atoms with van der Waals surface area (Å²) in [6, 6.07) is 9.74. The first-order chi connectivity index (χ1) is 11.4. The molecule has 7 heteroatoms. The molecular weight excluding hydrogens is 328 g/mol. The Hall–Kier alpha value is -2.56. The minimum atomic E-state index is -3.85. The van der Waals surface area contributed by atoms with E-state index in [1.165, 1.54) is 18.4 Å². The van der Waals surface area contributed by atoms with Crippen molar-refractivity contribution in [3.63, 3.8) is 0 Å². The van der Waals surface area contributed by atoms with Gasteiger partial charge in [-0.05, 0) is 31.2 Å². The van der Waals surface area contributed by atoms with Crippen LogP contribution in [0.1, 0.15) is 11.3 Å². The van der Waals surface area contributed by atoms with Gasteiger partial charge in [-0.1, -0.05) is 23.6 Å². The highest BCUT2D eigenvalue weighted by Gasteiger charge is 2.27. The molecule has 1 aromatic heterocycles. The lowest BCUT2D eigenvalue weighted by Gasteiger charge is -2.20. The average Bonchev–Trinajstić information content (AvgIpc) is 3.06. The molecule has 2 aromatic rings. The summed E-state index contributed by atoms with van der Waals surface area (Å²) in [5, 5.41) is 2.46. The molecule has 24 heavy (non-hydrogen) atoms. The smallest absolute Gasteiger partial charge is 0.243 e. The van der Waals surface area contributed by atoms with Crippen LogP contribution in [0.4, 0.5) is 0 Å². The monoisotopic (exact) mass is 346 g/mol. The van der Waals surface area contributed by atoms with E-state index in [4.69, 9.17) is 10.8 Å². The van der Waals surface area contributed by atoms with E-state index in [-0.39, 0.29) is 24.5 Å². The molecule has 126 valence electrons. The van der Waals surface area contributed by atoms with Crippen molar-refractivity contribution in [1.82, 2.24) is 9.62 Å². The lowest BCUT2D eigenvalue weighted by Crippen LogP contribution is -2.40. The SMILES string of the molecule is C#CCNC(=O)CN(Cc1ccco1)S(=O)(=O)c1ccc(C)cc1. The highest BCUT2D eigenvalue weighted by molar-refractivity contribution is 7.89. The van der Waals surface area contributed by atoms with E-state index in [1.54, 1.807) is 24.3 Å². The number of carbonyl (C=O) groups excluding carboxylic acids is 1. The molecule has 0 spiro atoms. The Morgan fingerprint density at radius 2 is 2.00 bits per heavy atom. The van der Waals surface area contributed by atoms with Crippen LogP contribution in [0.15, 0.2) is 52.0 Å². The van der Waals surface area contributed by atoms with Crippen LogP contribution < -0.4 is 5.32 Å². The highest BCUT2D eigenvalue weighted by Crippen LogP contribution is 2.19. The van der Waals surface area contributed by atoms with Crippen LogP contribution in [-0.4, -0.2) is 31.7 Å². The summed E-state index contributed by atoms with van der Waals surface area (Å²) in [6.45, 7) is 1.51. The Labute approximate surface area is 141 Å². The van der Waals surface area contributed by atoms with E-state index >= 15 is 0 Å². The Bertz CT molecular complexity index is 818. The number of amides is 1. The molecule has 0 atom stereocenters. The van der Waals surface area contributed by atoms with Crippen LogP contribution in [0.25, 0.3) is 0 Å². The van der Waals surface area contributed by atoms with Gasteiger partial charge >= 0.3 is 0 Å². The van der Waals surface area contributed by atoms with Gasteiger partial charge in [0.1, 0.15) is 5.76 Å². The van der Waals surface area contributed by atoms with E-state index in [1.807, 2.05) is 6.92 Å². The van der Waals surface area contributed by atoms with Gasteiger partial charge in [0.15, 0.2) is 0 Å². The van der Waals surface area contributed by atoms with Gasteiger partial charge in [-0.25, -0.2) is 8.42 Å². The van der Waals surface area contributed by atoms with Crippen molar-refractivity contribution in [2.75, 3.05) is 13.1 Å². The zero-order valence-electron chi connectivity index (χ0n) is 13.2. The number of aryl methyl sites for hydroxylation is 1. The predicted molar refractivity (Wildman–Crippen MR) is 89.3 cm³/mol. The molecule has 0 saturated carbocycles. The van der Waals surface area contributed by atoms with Crippen molar-refractivity contribution in [3.8, 4) is 12.3 Å². The van der Waals surface area contributed by atoms with E-state index in [9.17, 15) is 13.2 Å². The first-order valence-corrected chi connectivity index (χ1v) is 8.67. The van der Waals surface area contributed by atoms with E-state index in [0.29, 0.717) is 5.76 Å². The van der Waals surface area contributed by atoms with Crippen molar-refractivity contribution in [2.45, 2.75) is 18.4 Å². The molecule has 2 rings (SSSR count). The second kappa shape index (κ2) is 7.81. The van der Waals surface area contributed by atoms with Crippen LogP contribution >= 0.6 is 0 Å². The minimum absolute atomic E-state index is 0.0397. The summed E-state index contributed by atoms with van der Waals surface area (Å²) in [4.78, 5) is 12.0. The van der Waals surface area contributed by atoms with Crippen molar-refractivity contribution >= 4 is 15.9 Å². The molecule has 0 unspecified atom stereocenters. The molecule has 1 N–H and O–H groups in total. The predicted octanol–water partition coefficient (Wildman–Crippen LogP) is 1.53. The fourth-order valence-electron chi connectivity index (χ4n) is 2.03. The largest absolute Gasteiger partial charge is 0.468 e. The Kier molecular flexibility index (Phi) is 5.79. The molecule has 0 fully saturated rings. The first kappa shape index (κ1) is 17.8. The molecule has 0 bridgehead atoms. The maximum Gasteiger partial charge on any atom is 0.243 e. The summed E-state index contributed by atoms with van der Waals surface area (Å²) >= 11 is 0. The Morgan fingerprint density at radius 3 is 2.58 bits per heavy atom. The number of benzene rings is 1. The van der Waals surface area contributed by atoms with Crippen molar-refractivity contribution < 1.29 is 17.6 Å². The van der Waals surface area contributed by atoms with Crippen LogP contribution in [0.5, 0.6) is 0 Å². The van der Waals surface area contributed by atoms with Crippen LogP contribution in [0.2, 0.25) is 0 Å². The number of hydrogen-bond acceptors (Lipinski definition) is 4. The fraction of sp³-hybridized carbons (Fsp3) is 0.235. The van der Waals surface area contributed by atoms with Gasteiger partial charge in [0.25, 0.3) is 0 Å². The molecule has 0 saturated heterocycles. The summed E-state index contributed by atoms with van der Waals surface area (Å²) in [6.07, 6.45) is 6.55. The Balaban J connectivity index is 2.28. The van der Waals surface area contributed by atoms with Gasteiger partial charge in [-0.2, -0.15) is 4.31 Å². The van der Waals surface area contributed by atoms with Crippen molar-refractivity contribution in [3.05, 3.63) is 54.0 Å². The van der Waals surface area contributed by atoms with Gasteiger partial charge in [-0.15, -0.1) is 6.42 Å². The molecule has 6 nitrogen and oxygen atoms in total. The number of hydrogen-bond donors (Lipinski definition) is 1. The maximum absolute atomic E-state index is 12.8. The second-order valence-electron chi connectivity index (χ2n) is 5.15. The van der Waals surface area contributed by atoms with Gasteiger partial charge in [-0.3, -0.25) is 4.79 Å². The van der Waals surface area contributed by atoms with E-state index in [0.717, 1.165) is 9.87 Å². The van der Waals surface area contributed by atoms with Crippen LogP contribution in [0.3, 0.4) is 0 Å². The molecule has 1 heterocycles. The molecule has 0 aliphatic carbocycles. The van der Waals surface area contributed by atoms with Crippen molar-refractivity contribution in [2.24, 2.45) is 0 Å². The summed E-state index contributed by atoms with van der Waals surface area (Å²) in [7, 11) is -3.85. The van der Waals surface area contributed by atoms with E-state index in [2.05, 4.69) is 11.2 Å². The normalized spacial score (nSPS) is 11.2. The number of rotatable bonds is 7. The topological polar surface area (TPSA) is 79.6 Å². The summed E-state index contributed by atoms with van der Waals surface area (Å²) < 4.78 is 32.0. The average molecular weight is 346 g/mol. The van der Waals surface area contributed by atoms with Crippen LogP contribution in [0, 0.1) is 19.3 Å². The third-order valence-electron chi connectivity index (χ3n) is 3.28. The molecule has 0 radical (unpaired) electrons. The third-order valence-corrected chi connectivity index (χ3v) is 5.08. The number of terminal acetylenes is 1. The molecule has 1 amide bonds. The highest BCUT2D eigenvalue weighted by atomic mass is 32.2. The lowest BCUT2D eigenvalue weighted by molar-refractivity contribution is -0.121. The molecule has 0 aliphatic rings.